The minimum atomic E-state index is -3.49. The van der Waals surface area contributed by atoms with Crippen molar-refractivity contribution in [2.24, 2.45) is 0 Å². The summed E-state index contributed by atoms with van der Waals surface area (Å²) in [6.45, 7) is 6.16. The number of sulfonamides is 1. The fourth-order valence-corrected chi connectivity index (χ4v) is 3.95. The van der Waals surface area contributed by atoms with E-state index in [9.17, 15) is 18.0 Å². The Labute approximate surface area is 149 Å². The van der Waals surface area contributed by atoms with Gasteiger partial charge < -0.3 is 10.0 Å². The topological polar surface area (TPSA) is 95.0 Å². The summed E-state index contributed by atoms with van der Waals surface area (Å²) >= 11 is 0. The molecule has 0 saturated heterocycles. The number of likely N-dealkylation sites (N-methyl/N-ethyl adjacent to an activating group) is 1. The van der Waals surface area contributed by atoms with Gasteiger partial charge in [-0.2, -0.15) is 4.31 Å². The second kappa shape index (κ2) is 9.53. The van der Waals surface area contributed by atoms with Crippen LogP contribution < -0.4 is 0 Å². The van der Waals surface area contributed by atoms with E-state index in [-0.39, 0.29) is 23.8 Å². The molecule has 0 aliphatic carbocycles. The number of benzene rings is 1. The van der Waals surface area contributed by atoms with Crippen molar-refractivity contribution in [1.82, 2.24) is 9.21 Å². The summed E-state index contributed by atoms with van der Waals surface area (Å²) in [5.74, 6) is -1.27. The Morgan fingerprint density at radius 3 is 2.00 bits per heavy atom. The summed E-state index contributed by atoms with van der Waals surface area (Å²) in [5, 5.41) is 8.79. The average molecular weight is 370 g/mol. The number of nitrogens with zero attached hydrogens (tertiary/aromatic N) is 2. The maximum atomic E-state index is 12.4. The lowest BCUT2D eigenvalue weighted by atomic mass is 10.1. The monoisotopic (exact) mass is 370 g/mol. The van der Waals surface area contributed by atoms with Gasteiger partial charge in [-0.3, -0.25) is 9.59 Å². The normalized spacial score (nSPS) is 11.5. The fourth-order valence-electron chi connectivity index (χ4n) is 2.49. The van der Waals surface area contributed by atoms with Gasteiger partial charge in [0.05, 0.1) is 4.90 Å². The van der Waals surface area contributed by atoms with E-state index in [1.54, 1.807) is 45.0 Å². The maximum absolute atomic E-state index is 12.4. The average Bonchev–Trinajstić information content (AvgIpc) is 2.58. The minimum Gasteiger partial charge on any atom is -0.480 e. The summed E-state index contributed by atoms with van der Waals surface area (Å²) in [5.41, 5.74) is 0.832. The Morgan fingerprint density at radius 1 is 1.00 bits per heavy atom. The van der Waals surface area contributed by atoms with Crippen LogP contribution in [0.5, 0.6) is 0 Å². The fraction of sp³-hybridized carbons (Fsp3) is 0.529. The summed E-state index contributed by atoms with van der Waals surface area (Å²) in [6, 6.07) is 6.47. The Bertz CT molecular complexity index is 681. The van der Waals surface area contributed by atoms with E-state index in [1.165, 1.54) is 9.21 Å². The Kier molecular flexibility index (Phi) is 8.05. The van der Waals surface area contributed by atoms with E-state index in [4.69, 9.17) is 5.11 Å². The quantitative estimate of drug-likeness (QED) is 0.675. The maximum Gasteiger partial charge on any atom is 0.323 e. The van der Waals surface area contributed by atoms with E-state index in [0.717, 1.165) is 5.56 Å². The number of hydrogen-bond acceptors (Lipinski definition) is 4. The molecule has 0 bridgehead atoms. The van der Waals surface area contributed by atoms with Gasteiger partial charge in [0, 0.05) is 26.1 Å². The van der Waals surface area contributed by atoms with Gasteiger partial charge in [0.2, 0.25) is 15.9 Å². The lowest BCUT2D eigenvalue weighted by molar-refractivity contribution is -0.144. The molecule has 1 amide bonds. The summed E-state index contributed by atoms with van der Waals surface area (Å²) < 4.78 is 26.2. The van der Waals surface area contributed by atoms with Crippen LogP contribution in [0.1, 0.15) is 32.8 Å². The van der Waals surface area contributed by atoms with Crippen LogP contribution in [0.2, 0.25) is 0 Å². The smallest absolute Gasteiger partial charge is 0.323 e. The Morgan fingerprint density at radius 2 is 1.56 bits per heavy atom. The molecule has 7 nitrogen and oxygen atoms in total. The molecule has 0 aliphatic heterocycles. The molecule has 25 heavy (non-hydrogen) atoms. The van der Waals surface area contributed by atoms with E-state index >= 15 is 0 Å². The summed E-state index contributed by atoms with van der Waals surface area (Å²) in [4.78, 5) is 24.3. The molecule has 0 radical (unpaired) electrons. The molecule has 1 rings (SSSR count). The minimum absolute atomic E-state index is 0.184. The first-order valence-electron chi connectivity index (χ1n) is 8.34. The second-order valence-electron chi connectivity index (χ2n) is 5.53. The van der Waals surface area contributed by atoms with Gasteiger partial charge in [0.15, 0.2) is 0 Å². The van der Waals surface area contributed by atoms with Gasteiger partial charge in [0.1, 0.15) is 6.54 Å². The van der Waals surface area contributed by atoms with Crippen LogP contribution in [0.3, 0.4) is 0 Å². The molecular weight excluding hydrogens is 344 g/mol. The molecule has 140 valence electrons. The third kappa shape index (κ3) is 5.82. The molecule has 1 N–H and O–H groups in total. The molecule has 0 aliphatic rings. The molecule has 0 aromatic heterocycles. The van der Waals surface area contributed by atoms with Gasteiger partial charge in [0.25, 0.3) is 0 Å². The zero-order chi connectivity index (χ0) is 19.0. The van der Waals surface area contributed by atoms with Crippen LogP contribution >= 0.6 is 0 Å². The molecule has 0 spiro atoms. The third-order valence-corrected chi connectivity index (χ3v) is 6.02. The van der Waals surface area contributed by atoms with Gasteiger partial charge in [-0.1, -0.05) is 26.0 Å². The molecule has 0 saturated carbocycles. The Hall–Kier alpha value is -1.93. The van der Waals surface area contributed by atoms with Crippen molar-refractivity contribution in [3.8, 4) is 0 Å². The van der Waals surface area contributed by atoms with Gasteiger partial charge in [-0.25, -0.2) is 8.42 Å². The van der Waals surface area contributed by atoms with E-state index in [2.05, 4.69) is 0 Å². The second-order valence-corrected chi connectivity index (χ2v) is 7.47. The van der Waals surface area contributed by atoms with Crippen LogP contribution in [-0.2, 0) is 26.0 Å². The van der Waals surface area contributed by atoms with Crippen LogP contribution in [0.25, 0.3) is 0 Å². The van der Waals surface area contributed by atoms with E-state index < -0.39 is 16.0 Å². The molecule has 0 fully saturated rings. The number of aliphatic carboxylic acids is 1. The first-order valence-corrected chi connectivity index (χ1v) is 9.78. The third-order valence-electron chi connectivity index (χ3n) is 3.95. The highest BCUT2D eigenvalue weighted by molar-refractivity contribution is 7.89. The standard InChI is InChI=1S/C17H26N2O5S/c1-4-18(13-17(21)22)16(20)12-9-14-7-10-15(11-8-14)25(23,24)19(5-2)6-3/h7-8,10-11H,4-6,9,12-13H2,1-3H3,(H,21,22). The summed E-state index contributed by atoms with van der Waals surface area (Å²) in [6.07, 6.45) is 0.615. The van der Waals surface area contributed by atoms with Crippen molar-refractivity contribution in [3.05, 3.63) is 29.8 Å². The summed E-state index contributed by atoms with van der Waals surface area (Å²) in [7, 11) is -3.49. The van der Waals surface area contributed by atoms with Crippen molar-refractivity contribution in [1.29, 1.82) is 0 Å². The van der Waals surface area contributed by atoms with Crippen LogP contribution in [0.4, 0.5) is 0 Å². The number of carbonyl (C=O) groups is 2. The lowest BCUT2D eigenvalue weighted by Gasteiger charge is -2.19. The molecule has 0 unspecified atom stereocenters. The van der Waals surface area contributed by atoms with Crippen LogP contribution in [-0.4, -0.2) is 60.8 Å². The number of aryl methyl sites for hydroxylation is 1. The van der Waals surface area contributed by atoms with Crippen molar-refractivity contribution >= 4 is 21.9 Å². The number of rotatable bonds is 10. The first-order chi connectivity index (χ1) is 11.8. The molecule has 0 atom stereocenters. The van der Waals surface area contributed by atoms with E-state index in [1.807, 2.05) is 0 Å². The molecule has 1 aromatic carbocycles. The van der Waals surface area contributed by atoms with Gasteiger partial charge in [-0.15, -0.1) is 0 Å². The molecular formula is C17H26N2O5S. The number of carbonyl (C=O) groups excluding carboxylic acids is 1. The van der Waals surface area contributed by atoms with E-state index in [0.29, 0.717) is 26.1 Å². The largest absolute Gasteiger partial charge is 0.480 e. The predicted octanol–water partition coefficient (Wildman–Crippen LogP) is 1.58. The molecule has 0 heterocycles. The zero-order valence-electron chi connectivity index (χ0n) is 14.9. The van der Waals surface area contributed by atoms with Crippen molar-refractivity contribution in [2.75, 3.05) is 26.2 Å². The highest BCUT2D eigenvalue weighted by Crippen LogP contribution is 2.17. The van der Waals surface area contributed by atoms with Gasteiger partial charge >= 0.3 is 5.97 Å². The first kappa shape index (κ1) is 21.1. The highest BCUT2D eigenvalue weighted by atomic mass is 32.2. The van der Waals surface area contributed by atoms with Crippen molar-refractivity contribution < 1.29 is 23.1 Å². The number of carboxylic acids is 1. The lowest BCUT2D eigenvalue weighted by Crippen LogP contribution is -2.35. The van der Waals surface area contributed by atoms with Crippen LogP contribution in [0.15, 0.2) is 29.2 Å². The number of carboxylic acid groups (broad SMARTS) is 1. The SMILES string of the molecule is CCN(CC(=O)O)C(=O)CCc1ccc(S(=O)(=O)N(CC)CC)cc1. The van der Waals surface area contributed by atoms with Crippen LogP contribution in [0, 0.1) is 0 Å². The Balaban J connectivity index is 2.75. The molecule has 8 heteroatoms. The number of hydrogen-bond donors (Lipinski definition) is 1. The molecule has 1 aromatic rings. The van der Waals surface area contributed by atoms with Crippen molar-refractivity contribution in [2.45, 2.75) is 38.5 Å². The predicted molar refractivity (Wildman–Crippen MR) is 94.8 cm³/mol. The number of amides is 1. The van der Waals surface area contributed by atoms with Crippen molar-refractivity contribution in [3.63, 3.8) is 0 Å². The highest BCUT2D eigenvalue weighted by Gasteiger charge is 2.21. The zero-order valence-corrected chi connectivity index (χ0v) is 15.8. The van der Waals surface area contributed by atoms with Gasteiger partial charge in [-0.05, 0) is 31.0 Å².